The maximum atomic E-state index is 14.3. The van der Waals surface area contributed by atoms with Crippen LogP contribution in [0, 0.1) is 11.6 Å². The van der Waals surface area contributed by atoms with Crippen molar-refractivity contribution in [2.75, 3.05) is 24.3 Å². The number of amides is 2. The highest BCUT2D eigenvalue weighted by Crippen LogP contribution is 2.59. The molecule has 2 aromatic rings. The first-order valence-electron chi connectivity index (χ1n) is 10.4. The fourth-order valence-corrected chi connectivity index (χ4v) is 5.36. The maximum Gasteiger partial charge on any atom is 0.403 e. The van der Waals surface area contributed by atoms with Crippen LogP contribution in [0.4, 0.5) is 33.3 Å². The lowest BCUT2D eigenvalue weighted by atomic mass is 9.85. The fourth-order valence-electron chi connectivity index (χ4n) is 3.82. The number of methoxy groups -OCH3 is 1. The number of halogens is 5. The van der Waals surface area contributed by atoms with Crippen LogP contribution in [0.2, 0.25) is 0 Å². The molecule has 2 amide bonds. The Morgan fingerprint density at radius 1 is 1.17 bits per heavy atom. The lowest BCUT2D eigenvalue weighted by Crippen LogP contribution is -2.37. The van der Waals surface area contributed by atoms with Gasteiger partial charge in [0, 0.05) is 27.8 Å². The molecule has 36 heavy (non-hydrogen) atoms. The molecule has 3 unspecified atom stereocenters. The number of ether oxygens (including phenoxy) is 1. The highest BCUT2D eigenvalue weighted by molar-refractivity contribution is 8.02. The van der Waals surface area contributed by atoms with E-state index >= 15 is 0 Å². The predicted octanol–water partition coefficient (Wildman–Crippen LogP) is 5.77. The predicted molar refractivity (Wildman–Crippen MR) is 124 cm³/mol. The van der Waals surface area contributed by atoms with Gasteiger partial charge in [-0.1, -0.05) is 11.2 Å². The van der Waals surface area contributed by atoms with E-state index in [9.17, 15) is 31.5 Å². The van der Waals surface area contributed by atoms with E-state index in [0.717, 1.165) is 26.2 Å². The Hall–Kier alpha value is -3.51. The van der Waals surface area contributed by atoms with Crippen LogP contribution in [0.25, 0.3) is 10.4 Å². The van der Waals surface area contributed by atoms with Gasteiger partial charge in [-0.2, -0.15) is 17.6 Å². The van der Waals surface area contributed by atoms with E-state index in [0.29, 0.717) is 17.4 Å². The van der Waals surface area contributed by atoms with E-state index < -0.39 is 64.3 Å². The third kappa shape index (κ3) is 5.65. The number of nitrogens with zero attached hydrogens (tertiary/aromatic N) is 3. The molecule has 2 aromatic carbocycles. The van der Waals surface area contributed by atoms with Crippen LogP contribution in [0.5, 0.6) is 5.75 Å². The summed E-state index contributed by atoms with van der Waals surface area (Å²) in [5, 5.41) is 6.82. The fraction of sp³-hybridized carbons (Fsp3) is 0.364. The number of thioether (sulfide) groups is 1. The highest BCUT2D eigenvalue weighted by atomic mass is 32.2. The molecule has 14 heteroatoms. The molecular formula is C22H20F5N5O3S. The van der Waals surface area contributed by atoms with Gasteiger partial charge < -0.3 is 15.4 Å². The monoisotopic (exact) mass is 529 g/mol. The average molecular weight is 529 g/mol. The number of hydrogen-bond donors (Lipinski definition) is 2. The highest BCUT2D eigenvalue weighted by Gasteiger charge is 2.60. The minimum atomic E-state index is -4.67. The van der Waals surface area contributed by atoms with Gasteiger partial charge in [0.15, 0.2) is 11.6 Å². The van der Waals surface area contributed by atoms with Gasteiger partial charge in [-0.25, -0.2) is 4.39 Å². The number of azide groups is 1. The van der Waals surface area contributed by atoms with E-state index in [1.165, 1.54) is 24.3 Å². The van der Waals surface area contributed by atoms with E-state index in [2.05, 4.69) is 20.7 Å². The summed E-state index contributed by atoms with van der Waals surface area (Å²) in [5.41, 5.74) is 8.76. The second kappa shape index (κ2) is 10.6. The third-order valence-corrected chi connectivity index (χ3v) is 7.33. The van der Waals surface area contributed by atoms with Gasteiger partial charge in [-0.3, -0.25) is 9.59 Å². The number of rotatable bonds is 7. The minimum Gasteiger partial charge on any atom is -0.493 e. The van der Waals surface area contributed by atoms with Crippen molar-refractivity contribution < 1.29 is 36.3 Å². The molecule has 0 spiro atoms. The van der Waals surface area contributed by atoms with Gasteiger partial charge in [0.1, 0.15) is 11.3 Å². The molecule has 0 bridgehead atoms. The largest absolute Gasteiger partial charge is 0.493 e. The van der Waals surface area contributed by atoms with Crippen molar-refractivity contribution in [3.63, 3.8) is 0 Å². The molecule has 1 fully saturated rings. The number of alkyl halides is 3. The maximum absolute atomic E-state index is 14.3. The molecule has 1 aliphatic rings. The Kier molecular flexibility index (Phi) is 7.99. The van der Waals surface area contributed by atoms with Gasteiger partial charge in [0.05, 0.1) is 12.4 Å². The summed E-state index contributed by atoms with van der Waals surface area (Å²) in [5.74, 6) is -5.60. The molecule has 3 rings (SSSR count). The lowest BCUT2D eigenvalue weighted by Gasteiger charge is -2.26. The van der Waals surface area contributed by atoms with Gasteiger partial charge >= 0.3 is 6.18 Å². The van der Waals surface area contributed by atoms with Crippen molar-refractivity contribution in [3.05, 3.63) is 64.0 Å². The molecule has 192 valence electrons. The van der Waals surface area contributed by atoms with Crippen molar-refractivity contribution >= 4 is 35.0 Å². The van der Waals surface area contributed by atoms with E-state index in [1.807, 2.05) is 0 Å². The molecule has 0 aromatic heterocycles. The molecular weight excluding hydrogens is 509 g/mol. The molecule has 1 aliphatic heterocycles. The van der Waals surface area contributed by atoms with Crippen LogP contribution >= 0.6 is 11.8 Å². The second-order valence-electron chi connectivity index (χ2n) is 8.07. The standard InChI is InChI=1S/C22H20F5N5O3S/c1-21(22(25,26)27)9-14(13-7-8-15(23)17(24)18(13)35-2)19(36-21)20(34)31-12-5-3-11(4-6-12)30-16(33)10-29-32-28/h3-8,14,19H,9-10H2,1-2H3,(H,30,33)(H,31,34). The van der Waals surface area contributed by atoms with E-state index in [4.69, 9.17) is 10.3 Å². The number of nitrogens with one attached hydrogen (secondary N) is 2. The number of anilines is 2. The molecule has 0 aliphatic carbocycles. The number of carbonyl (C=O) groups excluding carboxylic acids is 2. The summed E-state index contributed by atoms with van der Waals surface area (Å²) in [6.45, 7) is 0.541. The van der Waals surface area contributed by atoms with E-state index in [1.54, 1.807) is 0 Å². The molecule has 2 N–H and O–H groups in total. The number of benzene rings is 2. The second-order valence-corrected chi connectivity index (χ2v) is 9.71. The van der Waals surface area contributed by atoms with Crippen molar-refractivity contribution in [1.82, 2.24) is 0 Å². The van der Waals surface area contributed by atoms with Crippen molar-refractivity contribution in [2.45, 2.75) is 35.4 Å². The first kappa shape index (κ1) is 27.1. The Morgan fingerprint density at radius 3 is 2.33 bits per heavy atom. The van der Waals surface area contributed by atoms with Crippen LogP contribution in [-0.4, -0.2) is 41.6 Å². The van der Waals surface area contributed by atoms with Crippen molar-refractivity contribution in [1.29, 1.82) is 0 Å². The summed E-state index contributed by atoms with van der Waals surface area (Å²) in [6, 6.07) is 7.60. The topological polar surface area (TPSA) is 116 Å². The summed E-state index contributed by atoms with van der Waals surface area (Å²) < 4.78 is 72.3. The number of carbonyl (C=O) groups is 2. The Balaban J connectivity index is 1.86. The summed E-state index contributed by atoms with van der Waals surface area (Å²) in [4.78, 5) is 27.2. The quantitative estimate of drug-likeness (QED) is 0.205. The van der Waals surface area contributed by atoms with E-state index in [-0.39, 0.29) is 11.3 Å². The zero-order valence-electron chi connectivity index (χ0n) is 18.9. The molecule has 0 radical (unpaired) electrons. The average Bonchev–Trinajstić information content (AvgIpc) is 3.19. The molecule has 8 nitrogen and oxygen atoms in total. The molecule has 3 atom stereocenters. The smallest absolute Gasteiger partial charge is 0.403 e. The Morgan fingerprint density at radius 2 is 1.78 bits per heavy atom. The van der Waals surface area contributed by atoms with Gasteiger partial charge in [-0.15, -0.1) is 11.8 Å². The normalized spacial score (nSPS) is 21.4. The van der Waals surface area contributed by atoms with Crippen molar-refractivity contribution in [2.24, 2.45) is 5.11 Å². The Labute approximate surface area is 206 Å². The van der Waals surface area contributed by atoms with Gasteiger partial charge in [0.25, 0.3) is 0 Å². The first-order valence-corrected chi connectivity index (χ1v) is 11.3. The van der Waals surface area contributed by atoms with Crippen molar-refractivity contribution in [3.8, 4) is 5.75 Å². The Bertz CT molecular complexity index is 1200. The summed E-state index contributed by atoms with van der Waals surface area (Å²) >= 11 is 0.393. The molecule has 0 saturated carbocycles. The number of hydrogen-bond acceptors (Lipinski definition) is 5. The molecule has 1 heterocycles. The van der Waals surface area contributed by atoms with Crippen LogP contribution in [0.15, 0.2) is 41.5 Å². The molecule has 1 saturated heterocycles. The third-order valence-electron chi connectivity index (χ3n) is 5.62. The van der Waals surface area contributed by atoms with Gasteiger partial charge in [-0.05, 0) is 49.2 Å². The lowest BCUT2D eigenvalue weighted by molar-refractivity contribution is -0.155. The summed E-state index contributed by atoms with van der Waals surface area (Å²) in [6.07, 6.45) is -5.23. The summed E-state index contributed by atoms with van der Waals surface area (Å²) in [7, 11) is 1.06. The van der Waals surface area contributed by atoms with Crippen LogP contribution in [0.3, 0.4) is 0 Å². The SMILES string of the molecule is COc1c(C2CC(C)(C(F)(F)F)SC2C(=O)Nc2ccc(NC(=O)CN=[N+]=[N-])cc2)ccc(F)c1F. The zero-order chi connectivity index (χ0) is 26.7. The van der Waals surface area contributed by atoms with Crippen LogP contribution in [-0.2, 0) is 9.59 Å². The van der Waals surface area contributed by atoms with Crippen LogP contribution in [0.1, 0.15) is 24.8 Å². The zero-order valence-corrected chi connectivity index (χ0v) is 19.7. The van der Waals surface area contributed by atoms with Gasteiger partial charge in [0.2, 0.25) is 17.6 Å². The van der Waals surface area contributed by atoms with Crippen LogP contribution < -0.4 is 15.4 Å². The minimum absolute atomic E-state index is 0.0462. The first-order chi connectivity index (χ1) is 16.9.